The number of esters is 1. The summed E-state index contributed by atoms with van der Waals surface area (Å²) >= 11 is 5.90. The van der Waals surface area contributed by atoms with Gasteiger partial charge in [0.05, 0.1) is 19.1 Å². The van der Waals surface area contributed by atoms with Gasteiger partial charge in [-0.1, -0.05) is 62.3 Å². The van der Waals surface area contributed by atoms with Crippen molar-refractivity contribution < 1.29 is 14.6 Å². The van der Waals surface area contributed by atoms with E-state index in [-0.39, 0.29) is 18.0 Å². The summed E-state index contributed by atoms with van der Waals surface area (Å²) in [4.78, 5) is 12.0. The fourth-order valence-electron chi connectivity index (χ4n) is 2.75. The summed E-state index contributed by atoms with van der Waals surface area (Å²) in [6.45, 7) is 1.84. The molecule has 2 unspecified atom stereocenters. The molecule has 1 aromatic carbocycles. The van der Waals surface area contributed by atoms with Gasteiger partial charge in [0.15, 0.2) is 0 Å². The Morgan fingerprint density at radius 3 is 2.09 bits per heavy atom. The zero-order valence-electron chi connectivity index (χ0n) is 14.3. The van der Waals surface area contributed by atoms with Crippen LogP contribution in [-0.4, -0.2) is 24.3 Å². The van der Waals surface area contributed by atoms with Gasteiger partial charge in [-0.2, -0.15) is 0 Å². The lowest BCUT2D eigenvalue weighted by atomic mass is 9.93. The molecule has 0 radical (unpaired) electrons. The van der Waals surface area contributed by atoms with Crippen molar-refractivity contribution >= 4 is 17.6 Å². The van der Waals surface area contributed by atoms with Crippen LogP contribution in [0.4, 0.5) is 0 Å². The minimum absolute atomic E-state index is 0.177. The van der Waals surface area contributed by atoms with Gasteiger partial charge in [0.2, 0.25) is 0 Å². The number of halogens is 1. The molecule has 130 valence electrons. The van der Waals surface area contributed by atoms with Crippen molar-refractivity contribution in [3.8, 4) is 0 Å². The lowest BCUT2D eigenvalue weighted by molar-refractivity contribution is -0.142. The second-order valence-electron chi connectivity index (χ2n) is 6.17. The van der Waals surface area contributed by atoms with Crippen molar-refractivity contribution in [2.75, 3.05) is 7.11 Å². The molecule has 2 atom stereocenters. The Kier molecular flexibility index (Phi) is 9.97. The molecule has 0 saturated heterocycles. The molecule has 4 heteroatoms. The topological polar surface area (TPSA) is 46.5 Å². The van der Waals surface area contributed by atoms with E-state index in [4.69, 9.17) is 16.3 Å². The van der Waals surface area contributed by atoms with Gasteiger partial charge in [-0.3, -0.25) is 4.79 Å². The van der Waals surface area contributed by atoms with Crippen LogP contribution < -0.4 is 0 Å². The van der Waals surface area contributed by atoms with Crippen molar-refractivity contribution in [2.24, 2.45) is 0 Å². The van der Waals surface area contributed by atoms with E-state index in [0.29, 0.717) is 5.02 Å². The summed E-state index contributed by atoms with van der Waals surface area (Å²) < 4.78 is 4.93. The molecular weight excluding hydrogens is 312 g/mol. The van der Waals surface area contributed by atoms with Gasteiger partial charge in [-0.05, 0) is 37.5 Å². The molecule has 0 aliphatic rings. The molecule has 0 aliphatic carbocycles. The fourth-order valence-corrected chi connectivity index (χ4v) is 2.88. The molecule has 1 aromatic rings. The average molecular weight is 341 g/mol. The van der Waals surface area contributed by atoms with Crippen LogP contribution in [0.3, 0.4) is 0 Å². The number of ether oxygens (including phenoxy) is 1. The Labute approximate surface area is 145 Å². The largest absolute Gasteiger partial charge is 0.469 e. The molecule has 1 N–H and O–H groups in total. The molecular formula is C19H29ClO3. The van der Waals surface area contributed by atoms with E-state index in [2.05, 4.69) is 0 Å². The molecule has 0 heterocycles. The maximum absolute atomic E-state index is 12.0. The Morgan fingerprint density at radius 1 is 1.04 bits per heavy atom. The monoisotopic (exact) mass is 340 g/mol. The van der Waals surface area contributed by atoms with Gasteiger partial charge >= 0.3 is 5.97 Å². The predicted molar refractivity (Wildman–Crippen MR) is 94.8 cm³/mol. The molecule has 0 fully saturated rings. The summed E-state index contributed by atoms with van der Waals surface area (Å²) in [6, 6.07) is 7.43. The summed E-state index contributed by atoms with van der Waals surface area (Å²) in [7, 11) is 1.44. The van der Waals surface area contributed by atoms with Crippen LogP contribution in [0, 0.1) is 0 Å². The maximum atomic E-state index is 12.0. The smallest absolute Gasteiger partial charge is 0.313 e. The van der Waals surface area contributed by atoms with E-state index in [9.17, 15) is 9.90 Å². The van der Waals surface area contributed by atoms with Gasteiger partial charge < -0.3 is 9.84 Å². The molecule has 0 saturated carbocycles. The first-order valence-electron chi connectivity index (χ1n) is 8.56. The van der Waals surface area contributed by atoms with Crippen molar-refractivity contribution in [1.29, 1.82) is 0 Å². The summed E-state index contributed by atoms with van der Waals surface area (Å²) in [5.74, 6) is -0.378. The predicted octanol–water partition coefficient (Wildman–Crippen LogP) is 5.10. The number of aliphatic hydroxyl groups excluding tert-OH is 1. The minimum Gasteiger partial charge on any atom is -0.469 e. The highest BCUT2D eigenvalue weighted by atomic mass is 35.5. The zero-order chi connectivity index (χ0) is 17.1. The number of aliphatic hydroxyl groups is 1. The third-order valence-electron chi connectivity index (χ3n) is 4.12. The van der Waals surface area contributed by atoms with Crippen LogP contribution in [0.2, 0.25) is 5.02 Å². The third-order valence-corrected chi connectivity index (χ3v) is 4.37. The molecule has 3 nitrogen and oxygen atoms in total. The number of methoxy groups -OCH3 is 1. The normalized spacial score (nSPS) is 13.6. The van der Waals surface area contributed by atoms with Crippen molar-refractivity contribution in [3.05, 3.63) is 34.9 Å². The zero-order valence-corrected chi connectivity index (χ0v) is 15.0. The first-order valence-corrected chi connectivity index (χ1v) is 8.93. The molecule has 0 spiro atoms. The highest BCUT2D eigenvalue weighted by Crippen LogP contribution is 2.25. The molecule has 1 rings (SSSR count). The number of rotatable bonds is 11. The minimum atomic E-state index is -0.201. The van der Waals surface area contributed by atoms with Crippen LogP contribution in [0.25, 0.3) is 0 Å². The number of carbonyl (C=O) groups is 1. The molecule has 23 heavy (non-hydrogen) atoms. The SMILES string of the molecule is COC(=O)C(CCCCCCCCC(C)O)c1ccc(Cl)cc1. The van der Waals surface area contributed by atoms with Gasteiger partial charge in [0.1, 0.15) is 0 Å². The molecule has 0 aliphatic heterocycles. The lowest BCUT2D eigenvalue weighted by Crippen LogP contribution is -2.14. The standard InChI is InChI=1S/C19H29ClO3/c1-15(21)9-7-5-3-4-6-8-10-18(19(22)23-2)16-11-13-17(20)14-12-16/h11-15,18,21H,3-10H2,1-2H3. The van der Waals surface area contributed by atoms with Gasteiger partial charge in [-0.15, -0.1) is 0 Å². The Bertz CT molecular complexity index is 442. The molecule has 0 aromatic heterocycles. The number of unbranched alkanes of at least 4 members (excludes halogenated alkanes) is 5. The van der Waals surface area contributed by atoms with Crippen molar-refractivity contribution in [2.45, 2.75) is 70.3 Å². The molecule has 0 bridgehead atoms. The van der Waals surface area contributed by atoms with E-state index in [1.54, 1.807) is 0 Å². The second kappa shape index (κ2) is 11.5. The Morgan fingerprint density at radius 2 is 1.57 bits per heavy atom. The number of carbonyl (C=O) groups excluding carboxylic acids is 1. The van der Waals surface area contributed by atoms with E-state index < -0.39 is 0 Å². The maximum Gasteiger partial charge on any atom is 0.313 e. The highest BCUT2D eigenvalue weighted by Gasteiger charge is 2.20. The van der Waals surface area contributed by atoms with Gasteiger partial charge in [0, 0.05) is 5.02 Å². The summed E-state index contributed by atoms with van der Waals surface area (Å²) in [6.07, 6.45) is 8.27. The molecule has 0 amide bonds. The first kappa shape index (κ1) is 20.0. The van der Waals surface area contributed by atoms with E-state index in [1.165, 1.54) is 26.4 Å². The van der Waals surface area contributed by atoms with Crippen LogP contribution in [0.5, 0.6) is 0 Å². The number of benzene rings is 1. The van der Waals surface area contributed by atoms with E-state index in [0.717, 1.165) is 37.7 Å². The lowest BCUT2D eigenvalue weighted by Gasteiger charge is -2.15. The van der Waals surface area contributed by atoms with Crippen LogP contribution in [-0.2, 0) is 9.53 Å². The average Bonchev–Trinajstić information content (AvgIpc) is 2.53. The van der Waals surface area contributed by atoms with E-state index >= 15 is 0 Å². The fraction of sp³-hybridized carbons (Fsp3) is 0.632. The summed E-state index contributed by atoms with van der Waals surface area (Å²) in [5.41, 5.74) is 0.971. The Hall–Kier alpha value is -1.06. The van der Waals surface area contributed by atoms with Gasteiger partial charge in [0.25, 0.3) is 0 Å². The Balaban J connectivity index is 2.30. The van der Waals surface area contributed by atoms with Crippen molar-refractivity contribution in [1.82, 2.24) is 0 Å². The quantitative estimate of drug-likeness (QED) is 0.450. The number of hydrogen-bond donors (Lipinski definition) is 1. The van der Waals surface area contributed by atoms with Gasteiger partial charge in [-0.25, -0.2) is 0 Å². The van der Waals surface area contributed by atoms with Crippen LogP contribution in [0.1, 0.15) is 69.8 Å². The number of hydrogen-bond acceptors (Lipinski definition) is 3. The van der Waals surface area contributed by atoms with Crippen molar-refractivity contribution in [3.63, 3.8) is 0 Å². The second-order valence-corrected chi connectivity index (χ2v) is 6.61. The first-order chi connectivity index (χ1) is 11.0. The van der Waals surface area contributed by atoms with Crippen LogP contribution >= 0.6 is 11.6 Å². The van der Waals surface area contributed by atoms with E-state index in [1.807, 2.05) is 31.2 Å². The third kappa shape index (κ3) is 8.38. The highest BCUT2D eigenvalue weighted by molar-refractivity contribution is 6.30. The summed E-state index contributed by atoms with van der Waals surface area (Å²) in [5, 5.41) is 9.88. The van der Waals surface area contributed by atoms with Crippen LogP contribution in [0.15, 0.2) is 24.3 Å².